The van der Waals surface area contributed by atoms with E-state index >= 15 is 0 Å². The third kappa shape index (κ3) is 3.87. The van der Waals surface area contributed by atoms with Crippen molar-refractivity contribution in [2.45, 2.75) is 57.0 Å². The molecule has 3 aliphatic rings. The number of anilines is 1. The molecule has 0 atom stereocenters. The number of hydrogen-bond acceptors (Lipinski definition) is 5. The Balaban J connectivity index is 0.000000346. The molecule has 0 unspecified atom stereocenters. The number of amides is 1. The van der Waals surface area contributed by atoms with Crippen molar-refractivity contribution in [3.05, 3.63) is 24.0 Å². The van der Waals surface area contributed by atoms with Crippen molar-refractivity contribution in [2.24, 2.45) is 0 Å². The van der Waals surface area contributed by atoms with E-state index in [1.165, 1.54) is 32.1 Å². The summed E-state index contributed by atoms with van der Waals surface area (Å²) >= 11 is 1.71. The lowest BCUT2D eigenvalue weighted by molar-refractivity contribution is 0.0720. The molecule has 1 aliphatic heterocycles. The molecule has 152 valence electrons. The van der Waals surface area contributed by atoms with Gasteiger partial charge >= 0.3 is 0 Å². The topological polar surface area (TPSA) is 55.5 Å². The summed E-state index contributed by atoms with van der Waals surface area (Å²) in [5, 5.41) is 1.09. The Hall–Kier alpha value is -1.73. The number of carbonyl (C=O) groups is 1. The summed E-state index contributed by atoms with van der Waals surface area (Å²) in [6, 6.07) is 3.07. The largest absolute Gasteiger partial charge is 0.349 e. The Morgan fingerprint density at radius 1 is 1.11 bits per heavy atom. The van der Waals surface area contributed by atoms with E-state index < -0.39 is 0 Å². The van der Waals surface area contributed by atoms with Crippen LogP contribution in [0.1, 0.15) is 55.3 Å². The Morgan fingerprint density at radius 3 is 2.43 bits per heavy atom. The number of pyridine rings is 1. The second-order valence-electron chi connectivity index (χ2n) is 8.16. The van der Waals surface area contributed by atoms with Crippen molar-refractivity contribution in [3.63, 3.8) is 0 Å². The molecule has 1 amide bonds. The van der Waals surface area contributed by atoms with Gasteiger partial charge in [0.1, 0.15) is 5.65 Å². The van der Waals surface area contributed by atoms with Gasteiger partial charge in [-0.1, -0.05) is 31.2 Å². The molecule has 2 saturated carbocycles. The van der Waals surface area contributed by atoms with E-state index in [1.807, 2.05) is 30.9 Å². The van der Waals surface area contributed by atoms with Crippen LogP contribution in [0.2, 0.25) is 0 Å². The number of aromatic amines is 1. The van der Waals surface area contributed by atoms with Gasteiger partial charge in [0, 0.05) is 29.9 Å². The minimum Gasteiger partial charge on any atom is -0.349 e. The maximum Gasteiger partial charge on any atom is 0.259 e. The summed E-state index contributed by atoms with van der Waals surface area (Å²) in [6.07, 6.45) is 14.5. The lowest BCUT2D eigenvalue weighted by Crippen LogP contribution is -2.52. The zero-order valence-corrected chi connectivity index (χ0v) is 18.0. The van der Waals surface area contributed by atoms with Gasteiger partial charge in [0.25, 0.3) is 5.91 Å². The van der Waals surface area contributed by atoms with Crippen LogP contribution in [0.5, 0.6) is 0 Å². The van der Waals surface area contributed by atoms with Crippen molar-refractivity contribution in [3.8, 4) is 0 Å². The Morgan fingerprint density at radius 2 is 1.79 bits per heavy atom. The monoisotopic (exact) mass is 401 g/mol. The minimum absolute atomic E-state index is 0.171. The Kier molecular flexibility index (Phi) is 5.83. The number of carbonyl (C=O) groups excluding carboxylic acids is 1. The van der Waals surface area contributed by atoms with Crippen LogP contribution in [0, 0.1) is 0 Å². The fourth-order valence-corrected chi connectivity index (χ4v) is 4.27. The summed E-state index contributed by atoms with van der Waals surface area (Å²) in [7, 11) is 4.04. The molecule has 0 radical (unpaired) electrons. The van der Waals surface area contributed by atoms with E-state index in [0.29, 0.717) is 12.1 Å². The molecule has 28 heavy (non-hydrogen) atoms. The first-order valence-electron chi connectivity index (χ1n) is 10.3. The predicted molar refractivity (Wildman–Crippen MR) is 117 cm³/mol. The second kappa shape index (κ2) is 8.33. The van der Waals surface area contributed by atoms with Crippen LogP contribution in [-0.2, 0) is 0 Å². The molecule has 2 aromatic rings. The first-order chi connectivity index (χ1) is 13.6. The van der Waals surface area contributed by atoms with Gasteiger partial charge in [0.2, 0.25) is 0 Å². The highest BCUT2D eigenvalue weighted by Gasteiger charge is 2.41. The summed E-state index contributed by atoms with van der Waals surface area (Å²) in [5.41, 5.74) is 2.79. The Labute approximate surface area is 171 Å². The van der Waals surface area contributed by atoms with Crippen molar-refractivity contribution >= 4 is 34.6 Å². The average Bonchev–Trinajstić information content (AvgIpc) is 3.45. The quantitative estimate of drug-likeness (QED) is 0.785. The predicted octanol–water partition coefficient (Wildman–Crippen LogP) is 4.10. The van der Waals surface area contributed by atoms with Crippen LogP contribution < -0.4 is 4.90 Å². The average molecular weight is 402 g/mol. The molecule has 0 spiro atoms. The molecule has 2 aliphatic carbocycles. The molecule has 5 rings (SSSR count). The van der Waals surface area contributed by atoms with Crippen LogP contribution in [0.25, 0.3) is 11.0 Å². The number of aromatic nitrogens is 2. The van der Waals surface area contributed by atoms with Crippen molar-refractivity contribution < 1.29 is 4.79 Å². The molecule has 0 saturated heterocycles. The maximum absolute atomic E-state index is 12.9. The van der Waals surface area contributed by atoms with Gasteiger partial charge in [-0.15, -0.1) is 0 Å². The minimum atomic E-state index is 0.171. The van der Waals surface area contributed by atoms with Crippen LogP contribution in [-0.4, -0.2) is 64.2 Å². The molecular formula is C21H31N5OS. The van der Waals surface area contributed by atoms with E-state index in [-0.39, 0.29) is 5.91 Å². The standard InChI is InChI=1S/C18H22N4O.C3H9NS/c23-18-15-10-20-17-14(8-9-19-17)16(15)21(11-22(18)13-6-7-13)12-4-2-1-3-5-12;1-4(2)5-3/h8-10,12-13H,1-7,11H2,(H,19,20);1-3H3. The lowest BCUT2D eigenvalue weighted by Gasteiger charge is -2.44. The first-order valence-corrected chi connectivity index (χ1v) is 11.5. The lowest BCUT2D eigenvalue weighted by atomic mass is 9.92. The number of nitrogens with zero attached hydrogens (tertiary/aromatic N) is 4. The molecule has 2 fully saturated rings. The Bertz CT molecular complexity index is 825. The van der Waals surface area contributed by atoms with E-state index in [4.69, 9.17) is 0 Å². The van der Waals surface area contributed by atoms with E-state index in [2.05, 4.69) is 25.8 Å². The van der Waals surface area contributed by atoms with Gasteiger partial charge in [-0.25, -0.2) is 4.98 Å². The van der Waals surface area contributed by atoms with Gasteiger partial charge < -0.3 is 14.8 Å². The van der Waals surface area contributed by atoms with Crippen molar-refractivity contribution in [1.29, 1.82) is 0 Å². The fourth-order valence-electron chi connectivity index (χ4n) is 4.27. The number of rotatable bonds is 3. The molecule has 1 N–H and O–H groups in total. The normalized spacial score (nSPS) is 20.4. The number of hydrogen-bond donors (Lipinski definition) is 1. The molecule has 3 heterocycles. The smallest absolute Gasteiger partial charge is 0.259 e. The summed E-state index contributed by atoms with van der Waals surface area (Å²) < 4.78 is 2.04. The van der Waals surface area contributed by atoms with E-state index in [0.717, 1.165) is 41.8 Å². The first kappa shape index (κ1) is 19.6. The summed E-state index contributed by atoms with van der Waals surface area (Å²) in [6.45, 7) is 0.755. The third-order valence-corrected chi connectivity index (χ3v) is 6.74. The fraction of sp³-hybridized carbons (Fsp3) is 0.619. The zero-order chi connectivity index (χ0) is 19.7. The van der Waals surface area contributed by atoms with Gasteiger partial charge in [0.15, 0.2) is 0 Å². The van der Waals surface area contributed by atoms with Crippen molar-refractivity contribution in [2.75, 3.05) is 31.9 Å². The van der Waals surface area contributed by atoms with Crippen LogP contribution in [0.3, 0.4) is 0 Å². The highest BCUT2D eigenvalue weighted by atomic mass is 32.2. The van der Waals surface area contributed by atoms with E-state index in [1.54, 1.807) is 18.1 Å². The van der Waals surface area contributed by atoms with Crippen LogP contribution in [0.4, 0.5) is 5.69 Å². The molecule has 7 heteroatoms. The molecule has 2 aromatic heterocycles. The molecule has 0 bridgehead atoms. The zero-order valence-electron chi connectivity index (χ0n) is 17.1. The van der Waals surface area contributed by atoms with Gasteiger partial charge in [-0.2, -0.15) is 0 Å². The van der Waals surface area contributed by atoms with Gasteiger partial charge in [-0.05, 0) is 52.1 Å². The highest BCUT2D eigenvalue weighted by molar-refractivity contribution is 7.96. The van der Waals surface area contributed by atoms with E-state index in [9.17, 15) is 4.79 Å². The number of H-pyrrole nitrogens is 1. The maximum atomic E-state index is 12.9. The van der Waals surface area contributed by atoms with Crippen molar-refractivity contribution in [1.82, 2.24) is 19.2 Å². The molecule has 6 nitrogen and oxygen atoms in total. The van der Waals surface area contributed by atoms with Crippen LogP contribution in [0.15, 0.2) is 18.5 Å². The second-order valence-corrected chi connectivity index (χ2v) is 9.26. The molecular weight excluding hydrogens is 370 g/mol. The number of nitrogens with one attached hydrogen (secondary N) is 1. The van der Waals surface area contributed by atoms with Gasteiger partial charge in [-0.3, -0.25) is 9.10 Å². The molecule has 0 aromatic carbocycles. The SMILES string of the molecule is CSN(C)C.O=C1c2cnc3[nH]ccc3c2N(C2CCCCC2)CN1C1CC1. The third-order valence-electron chi connectivity index (χ3n) is 6.01. The van der Waals surface area contributed by atoms with Crippen LogP contribution >= 0.6 is 11.9 Å². The highest BCUT2D eigenvalue weighted by Crippen LogP contribution is 2.40. The summed E-state index contributed by atoms with van der Waals surface area (Å²) in [4.78, 5) is 25.2. The van der Waals surface area contributed by atoms with Gasteiger partial charge in [0.05, 0.1) is 17.9 Å². The summed E-state index contributed by atoms with van der Waals surface area (Å²) in [5.74, 6) is 0.171. The number of fused-ring (bicyclic) bond motifs is 3.